The summed E-state index contributed by atoms with van der Waals surface area (Å²) in [7, 11) is 0. The minimum Gasteiger partial charge on any atom is -0.444 e. The molecule has 1 atom stereocenters. The lowest BCUT2D eigenvalue weighted by atomic mass is 10.0. The standard InChI is InChI=1S/C18H21N5O2/c1-18(2,3)25-17(24)23-9-8-13-14(20-10-19-13)15(23)16-21-11-6-4-5-7-12(11)22-16/h4-7,10,15H,8-9H2,1-3H3,(H,19,20)(H,21,22)/t15-/m1/s1. The Balaban J connectivity index is 1.77. The van der Waals surface area contributed by atoms with Gasteiger partial charge in [0.15, 0.2) is 0 Å². The monoisotopic (exact) mass is 339 g/mol. The Morgan fingerprint density at radius 2 is 2.12 bits per heavy atom. The summed E-state index contributed by atoms with van der Waals surface area (Å²) in [6, 6.07) is 7.42. The van der Waals surface area contributed by atoms with Gasteiger partial charge in [0, 0.05) is 18.7 Å². The summed E-state index contributed by atoms with van der Waals surface area (Å²) in [5.41, 5.74) is 3.09. The summed E-state index contributed by atoms with van der Waals surface area (Å²) < 4.78 is 5.60. The molecule has 7 heteroatoms. The minimum absolute atomic E-state index is 0.355. The van der Waals surface area contributed by atoms with Gasteiger partial charge in [-0.15, -0.1) is 0 Å². The zero-order valence-electron chi connectivity index (χ0n) is 14.5. The van der Waals surface area contributed by atoms with Crippen LogP contribution in [0.2, 0.25) is 0 Å². The number of aromatic nitrogens is 4. The largest absolute Gasteiger partial charge is 0.444 e. The maximum atomic E-state index is 12.8. The molecule has 2 N–H and O–H groups in total. The zero-order valence-corrected chi connectivity index (χ0v) is 14.5. The number of ether oxygens (including phenoxy) is 1. The number of para-hydroxylation sites is 2. The number of carbonyl (C=O) groups excluding carboxylic acids is 1. The molecule has 7 nitrogen and oxygen atoms in total. The number of hydrogen-bond acceptors (Lipinski definition) is 4. The van der Waals surface area contributed by atoms with Crippen LogP contribution in [0.4, 0.5) is 4.79 Å². The van der Waals surface area contributed by atoms with Crippen LogP contribution < -0.4 is 0 Å². The van der Waals surface area contributed by atoms with Crippen LogP contribution in [0.3, 0.4) is 0 Å². The zero-order chi connectivity index (χ0) is 17.6. The van der Waals surface area contributed by atoms with Crippen LogP contribution in [0.5, 0.6) is 0 Å². The fourth-order valence-electron chi connectivity index (χ4n) is 3.17. The number of benzene rings is 1. The molecule has 1 aliphatic heterocycles. The van der Waals surface area contributed by atoms with Crippen LogP contribution >= 0.6 is 0 Å². The molecule has 0 saturated heterocycles. The Morgan fingerprint density at radius 1 is 1.32 bits per heavy atom. The molecule has 3 aromatic rings. The molecule has 3 heterocycles. The first-order valence-electron chi connectivity index (χ1n) is 8.39. The van der Waals surface area contributed by atoms with Crippen LogP contribution in [0.15, 0.2) is 30.6 Å². The first-order valence-corrected chi connectivity index (χ1v) is 8.39. The van der Waals surface area contributed by atoms with E-state index in [1.165, 1.54) is 0 Å². The summed E-state index contributed by atoms with van der Waals surface area (Å²) in [6.07, 6.45) is 2.02. The van der Waals surface area contributed by atoms with Gasteiger partial charge in [0.25, 0.3) is 0 Å². The predicted molar refractivity (Wildman–Crippen MR) is 93.2 cm³/mol. The molecule has 25 heavy (non-hydrogen) atoms. The summed E-state index contributed by atoms with van der Waals surface area (Å²) in [4.78, 5) is 30.1. The Kier molecular flexibility index (Phi) is 3.52. The second-order valence-corrected chi connectivity index (χ2v) is 7.23. The molecule has 130 valence electrons. The van der Waals surface area contributed by atoms with Crippen LogP contribution in [0.1, 0.15) is 44.0 Å². The number of hydrogen-bond donors (Lipinski definition) is 2. The smallest absolute Gasteiger partial charge is 0.411 e. The minimum atomic E-state index is -0.554. The van der Waals surface area contributed by atoms with E-state index in [2.05, 4.69) is 19.9 Å². The van der Waals surface area contributed by atoms with Gasteiger partial charge in [-0.2, -0.15) is 0 Å². The van der Waals surface area contributed by atoms with E-state index in [0.29, 0.717) is 18.8 Å². The van der Waals surface area contributed by atoms with Crippen LogP contribution in [-0.2, 0) is 11.2 Å². The van der Waals surface area contributed by atoms with Gasteiger partial charge >= 0.3 is 6.09 Å². The second kappa shape index (κ2) is 5.61. The fourth-order valence-corrected chi connectivity index (χ4v) is 3.17. The SMILES string of the molecule is CC(C)(C)OC(=O)N1CCc2[nH]cnc2[C@@H]1c1nc2ccccc2[nH]1. The molecule has 0 aliphatic carbocycles. The third-order valence-corrected chi connectivity index (χ3v) is 4.22. The first kappa shape index (κ1) is 15.7. The number of H-pyrrole nitrogens is 2. The molecule has 0 bridgehead atoms. The quantitative estimate of drug-likeness (QED) is 0.713. The first-order chi connectivity index (χ1) is 11.9. The van der Waals surface area contributed by atoms with E-state index in [1.807, 2.05) is 45.0 Å². The van der Waals surface area contributed by atoms with Crippen molar-refractivity contribution < 1.29 is 9.53 Å². The van der Waals surface area contributed by atoms with Crippen molar-refractivity contribution in [2.24, 2.45) is 0 Å². The van der Waals surface area contributed by atoms with E-state index in [4.69, 9.17) is 4.74 Å². The van der Waals surface area contributed by atoms with E-state index in [9.17, 15) is 4.79 Å². The van der Waals surface area contributed by atoms with E-state index in [-0.39, 0.29) is 6.09 Å². The van der Waals surface area contributed by atoms with Crippen molar-refractivity contribution in [3.05, 3.63) is 47.8 Å². The van der Waals surface area contributed by atoms with Gasteiger partial charge in [-0.3, -0.25) is 4.90 Å². The lowest BCUT2D eigenvalue weighted by Crippen LogP contribution is -2.43. The van der Waals surface area contributed by atoms with Gasteiger partial charge in [-0.1, -0.05) is 12.1 Å². The van der Waals surface area contributed by atoms with Crippen molar-refractivity contribution in [2.75, 3.05) is 6.54 Å². The molecule has 4 rings (SSSR count). The van der Waals surface area contributed by atoms with Crippen LogP contribution in [0, 0.1) is 0 Å². The molecule has 2 aromatic heterocycles. The average Bonchev–Trinajstić information content (AvgIpc) is 3.18. The molecular formula is C18H21N5O2. The summed E-state index contributed by atoms with van der Waals surface area (Å²) >= 11 is 0. The highest BCUT2D eigenvalue weighted by Crippen LogP contribution is 2.33. The predicted octanol–water partition coefficient (Wildman–Crippen LogP) is 3.17. The van der Waals surface area contributed by atoms with E-state index >= 15 is 0 Å². The highest BCUT2D eigenvalue weighted by Gasteiger charge is 2.38. The van der Waals surface area contributed by atoms with Crippen molar-refractivity contribution in [3.63, 3.8) is 0 Å². The third kappa shape index (κ3) is 2.86. The number of fused-ring (bicyclic) bond motifs is 2. The van der Waals surface area contributed by atoms with Crippen LogP contribution in [0.25, 0.3) is 11.0 Å². The fraction of sp³-hybridized carbons (Fsp3) is 0.389. The van der Waals surface area contributed by atoms with Gasteiger partial charge in [0.2, 0.25) is 0 Å². The van der Waals surface area contributed by atoms with E-state index in [0.717, 1.165) is 22.4 Å². The van der Waals surface area contributed by atoms with Crippen LogP contribution in [-0.4, -0.2) is 43.1 Å². The Bertz CT molecular complexity index is 888. The highest BCUT2D eigenvalue weighted by atomic mass is 16.6. The van der Waals surface area contributed by atoms with Gasteiger partial charge in [0.05, 0.1) is 23.1 Å². The van der Waals surface area contributed by atoms with Gasteiger partial charge in [-0.05, 0) is 32.9 Å². The topological polar surface area (TPSA) is 86.9 Å². The molecule has 0 fully saturated rings. The number of nitrogens with one attached hydrogen (secondary N) is 2. The number of aromatic amines is 2. The van der Waals surface area contributed by atoms with Gasteiger partial charge < -0.3 is 14.7 Å². The van der Waals surface area contributed by atoms with E-state index < -0.39 is 11.6 Å². The summed E-state index contributed by atoms with van der Waals surface area (Å²) in [5, 5.41) is 0. The maximum absolute atomic E-state index is 12.8. The lowest BCUT2D eigenvalue weighted by molar-refractivity contribution is 0.0167. The Labute approximate surface area is 145 Å². The van der Waals surface area contributed by atoms with E-state index in [1.54, 1.807) is 11.2 Å². The Hall–Kier alpha value is -2.83. The number of nitrogens with zero attached hydrogens (tertiary/aromatic N) is 3. The molecule has 0 saturated carbocycles. The normalized spacial score (nSPS) is 17.6. The summed E-state index contributed by atoms with van der Waals surface area (Å²) in [6.45, 7) is 6.15. The van der Waals surface area contributed by atoms with Crippen molar-refractivity contribution in [1.82, 2.24) is 24.8 Å². The molecule has 1 aliphatic rings. The molecule has 1 aromatic carbocycles. The number of carbonyl (C=O) groups is 1. The highest BCUT2D eigenvalue weighted by molar-refractivity contribution is 5.75. The Morgan fingerprint density at radius 3 is 2.88 bits per heavy atom. The second-order valence-electron chi connectivity index (χ2n) is 7.23. The maximum Gasteiger partial charge on any atom is 0.411 e. The lowest BCUT2D eigenvalue weighted by Gasteiger charge is -2.35. The molecule has 0 unspecified atom stereocenters. The number of rotatable bonds is 1. The molecule has 1 amide bonds. The van der Waals surface area contributed by atoms with Crippen molar-refractivity contribution in [3.8, 4) is 0 Å². The number of amides is 1. The third-order valence-electron chi connectivity index (χ3n) is 4.22. The molecule has 0 spiro atoms. The van der Waals surface area contributed by atoms with Crippen molar-refractivity contribution in [1.29, 1.82) is 0 Å². The number of imidazole rings is 2. The van der Waals surface area contributed by atoms with Gasteiger partial charge in [-0.25, -0.2) is 14.8 Å². The summed E-state index contributed by atoms with van der Waals surface area (Å²) in [5.74, 6) is 0.695. The van der Waals surface area contributed by atoms with Gasteiger partial charge in [0.1, 0.15) is 17.5 Å². The molecular weight excluding hydrogens is 318 g/mol. The molecule has 0 radical (unpaired) electrons. The average molecular weight is 339 g/mol. The van der Waals surface area contributed by atoms with Crippen molar-refractivity contribution in [2.45, 2.75) is 38.8 Å². The van der Waals surface area contributed by atoms with Crippen molar-refractivity contribution >= 4 is 17.1 Å².